The lowest BCUT2D eigenvalue weighted by molar-refractivity contribution is -0.134. The van der Waals surface area contributed by atoms with Crippen LogP contribution in [0.4, 0.5) is 4.39 Å². The molecule has 0 aliphatic rings. The molecule has 0 saturated heterocycles. The third-order valence-corrected chi connectivity index (χ3v) is 0.884. The second kappa shape index (κ2) is 4.49. The number of alkyl halides is 2. The summed E-state index contributed by atoms with van der Waals surface area (Å²) in [6.45, 7) is 0. The number of hydrogen-bond donors (Lipinski definition) is 0. The average molecular weight is 197 g/mol. The first-order chi connectivity index (χ1) is 4.16. The summed E-state index contributed by atoms with van der Waals surface area (Å²) in [5.74, 6) is -0.558. The fourth-order valence-corrected chi connectivity index (χ4v) is 0.372. The van der Waals surface area contributed by atoms with Crippen LogP contribution in [-0.4, -0.2) is 18.2 Å². The van der Waals surface area contributed by atoms with Crippen molar-refractivity contribution in [3.05, 3.63) is 12.2 Å². The third kappa shape index (κ3) is 5.49. The van der Waals surface area contributed by atoms with Crippen LogP contribution >= 0.6 is 15.9 Å². The van der Waals surface area contributed by atoms with Gasteiger partial charge in [-0.15, -0.1) is 0 Å². The van der Waals surface area contributed by atoms with Crippen molar-refractivity contribution in [3.8, 4) is 0 Å². The van der Waals surface area contributed by atoms with E-state index in [1.54, 1.807) is 0 Å². The van der Waals surface area contributed by atoms with Gasteiger partial charge in [0, 0.05) is 6.08 Å². The van der Waals surface area contributed by atoms with Crippen LogP contribution < -0.4 is 0 Å². The zero-order chi connectivity index (χ0) is 7.28. The molecule has 0 aliphatic carbocycles. The lowest BCUT2D eigenvalue weighted by atomic mass is 10.5. The van der Waals surface area contributed by atoms with Gasteiger partial charge in [-0.3, -0.25) is 0 Å². The topological polar surface area (TPSA) is 26.3 Å². The van der Waals surface area contributed by atoms with Crippen LogP contribution in [0, 0.1) is 0 Å². The van der Waals surface area contributed by atoms with Crippen LogP contribution in [0.15, 0.2) is 12.2 Å². The van der Waals surface area contributed by atoms with E-state index >= 15 is 0 Å². The van der Waals surface area contributed by atoms with Gasteiger partial charge in [-0.25, -0.2) is 9.18 Å². The number of carbonyl (C=O) groups excluding carboxylic acids is 1. The second-order valence-corrected chi connectivity index (χ2v) is 2.09. The van der Waals surface area contributed by atoms with Crippen molar-refractivity contribution < 1.29 is 13.9 Å². The van der Waals surface area contributed by atoms with Crippen LogP contribution in [0.5, 0.6) is 0 Å². The van der Waals surface area contributed by atoms with Gasteiger partial charge in [-0.05, 0) is 22.0 Å². The van der Waals surface area contributed by atoms with Gasteiger partial charge in [0.05, 0.1) is 7.11 Å². The smallest absolute Gasteiger partial charge is 0.330 e. The summed E-state index contributed by atoms with van der Waals surface area (Å²) in [6, 6.07) is 0. The highest BCUT2D eigenvalue weighted by molar-refractivity contribution is 9.09. The number of allylic oxidation sites excluding steroid dienone is 1. The van der Waals surface area contributed by atoms with E-state index < -0.39 is 11.1 Å². The van der Waals surface area contributed by atoms with E-state index in [1.807, 2.05) is 0 Å². The molecule has 9 heavy (non-hydrogen) atoms. The molecule has 0 aromatic rings. The first-order valence-electron chi connectivity index (χ1n) is 2.21. The predicted molar refractivity (Wildman–Crippen MR) is 35.0 cm³/mol. The molecule has 0 aliphatic heterocycles. The maximum absolute atomic E-state index is 11.8. The summed E-state index contributed by atoms with van der Waals surface area (Å²) in [5.41, 5.74) is 0. The Balaban J connectivity index is 3.57. The Kier molecular flexibility index (Phi) is 4.30. The molecular weight excluding hydrogens is 191 g/mol. The van der Waals surface area contributed by atoms with Crippen molar-refractivity contribution in [1.29, 1.82) is 0 Å². The standard InChI is InChI=1S/C5H6BrFO2/c1-9-5(8)3-2-4(6)7/h2-4H,1H3. The van der Waals surface area contributed by atoms with Gasteiger partial charge in [0.15, 0.2) is 5.08 Å². The minimum atomic E-state index is -1.28. The first kappa shape index (κ1) is 8.62. The van der Waals surface area contributed by atoms with E-state index in [-0.39, 0.29) is 0 Å². The highest BCUT2D eigenvalue weighted by Gasteiger charge is 1.94. The molecule has 0 saturated carbocycles. The van der Waals surface area contributed by atoms with E-state index in [2.05, 4.69) is 20.7 Å². The Morgan fingerprint density at radius 2 is 2.44 bits per heavy atom. The van der Waals surface area contributed by atoms with Crippen LogP contribution in [0.25, 0.3) is 0 Å². The Morgan fingerprint density at radius 1 is 1.89 bits per heavy atom. The van der Waals surface area contributed by atoms with E-state index in [1.165, 1.54) is 7.11 Å². The summed E-state index contributed by atoms with van der Waals surface area (Å²) in [4.78, 5) is 10.2. The molecule has 1 atom stereocenters. The van der Waals surface area contributed by atoms with Gasteiger partial charge < -0.3 is 4.74 Å². The maximum atomic E-state index is 11.8. The summed E-state index contributed by atoms with van der Waals surface area (Å²) < 4.78 is 16.0. The molecule has 0 aromatic carbocycles. The van der Waals surface area contributed by atoms with Crippen molar-refractivity contribution in [2.75, 3.05) is 7.11 Å². The van der Waals surface area contributed by atoms with Gasteiger partial charge in [0.25, 0.3) is 0 Å². The van der Waals surface area contributed by atoms with Crippen molar-refractivity contribution in [1.82, 2.24) is 0 Å². The number of hydrogen-bond acceptors (Lipinski definition) is 2. The van der Waals surface area contributed by atoms with Crippen LogP contribution in [0.3, 0.4) is 0 Å². The molecule has 0 fully saturated rings. The average Bonchev–Trinajstić information content (AvgIpc) is 1.83. The van der Waals surface area contributed by atoms with Crippen LogP contribution in [0.1, 0.15) is 0 Å². The molecule has 0 bridgehead atoms. The zero-order valence-corrected chi connectivity index (χ0v) is 6.39. The number of esters is 1. The Labute approximate surface area is 60.8 Å². The summed E-state index contributed by atoms with van der Waals surface area (Å²) in [5, 5.41) is -1.28. The number of methoxy groups -OCH3 is 1. The third-order valence-electron chi connectivity index (χ3n) is 0.579. The molecule has 0 amide bonds. The predicted octanol–water partition coefficient (Wildman–Crippen LogP) is 1.41. The normalized spacial score (nSPS) is 13.7. The number of ether oxygens (including phenoxy) is 1. The van der Waals surface area contributed by atoms with E-state index in [0.29, 0.717) is 0 Å². The highest BCUT2D eigenvalue weighted by atomic mass is 79.9. The summed E-state index contributed by atoms with van der Waals surface area (Å²) >= 11 is 2.57. The van der Waals surface area contributed by atoms with Gasteiger partial charge in [-0.1, -0.05) is 0 Å². The highest BCUT2D eigenvalue weighted by Crippen LogP contribution is 2.00. The second-order valence-electron chi connectivity index (χ2n) is 1.22. The van der Waals surface area contributed by atoms with Crippen molar-refractivity contribution in [3.63, 3.8) is 0 Å². The SMILES string of the molecule is COC(=O)C=CC(F)Br. The molecule has 1 unspecified atom stereocenters. The van der Waals surface area contributed by atoms with Gasteiger partial charge in [0.2, 0.25) is 0 Å². The molecule has 0 heterocycles. The molecule has 2 nitrogen and oxygen atoms in total. The van der Waals surface area contributed by atoms with Crippen LogP contribution in [0.2, 0.25) is 0 Å². The molecule has 0 aromatic heterocycles. The van der Waals surface area contributed by atoms with Gasteiger partial charge in [0.1, 0.15) is 0 Å². The maximum Gasteiger partial charge on any atom is 0.330 e. The van der Waals surface area contributed by atoms with Crippen molar-refractivity contribution in [2.24, 2.45) is 0 Å². The fraction of sp³-hybridized carbons (Fsp3) is 0.400. The number of carbonyl (C=O) groups is 1. The van der Waals surface area contributed by atoms with E-state index in [0.717, 1.165) is 12.2 Å². The monoisotopic (exact) mass is 196 g/mol. The summed E-state index contributed by atoms with van der Waals surface area (Å²) in [6.07, 6.45) is 2.06. The largest absolute Gasteiger partial charge is 0.466 e. The van der Waals surface area contributed by atoms with E-state index in [9.17, 15) is 9.18 Å². The first-order valence-corrected chi connectivity index (χ1v) is 3.12. The Hall–Kier alpha value is -0.380. The Bertz CT molecular complexity index is 122. The Morgan fingerprint density at radius 3 is 2.78 bits per heavy atom. The minimum absolute atomic E-state index is 0.558. The van der Waals surface area contributed by atoms with E-state index in [4.69, 9.17) is 0 Å². The zero-order valence-electron chi connectivity index (χ0n) is 4.80. The molecule has 0 spiro atoms. The van der Waals surface area contributed by atoms with Gasteiger partial charge in [-0.2, -0.15) is 0 Å². The lowest BCUT2D eigenvalue weighted by Crippen LogP contribution is -1.94. The van der Waals surface area contributed by atoms with Crippen LogP contribution in [-0.2, 0) is 9.53 Å². The minimum Gasteiger partial charge on any atom is -0.466 e. The molecule has 0 rings (SSSR count). The van der Waals surface area contributed by atoms with Gasteiger partial charge >= 0.3 is 5.97 Å². The summed E-state index contributed by atoms with van der Waals surface area (Å²) in [7, 11) is 1.23. The molecule has 0 radical (unpaired) electrons. The molecule has 4 heteroatoms. The number of halogens is 2. The van der Waals surface area contributed by atoms with Crippen molar-refractivity contribution in [2.45, 2.75) is 5.08 Å². The lowest BCUT2D eigenvalue weighted by Gasteiger charge is -1.88. The number of rotatable bonds is 2. The molecule has 0 N–H and O–H groups in total. The fourth-order valence-electron chi connectivity index (χ4n) is 0.219. The van der Waals surface area contributed by atoms with Crippen molar-refractivity contribution >= 4 is 21.9 Å². The molecular formula is C5H6BrFO2. The quantitative estimate of drug-likeness (QED) is 0.380. The molecule has 52 valence electrons.